The third-order valence-electron chi connectivity index (χ3n) is 2.35. The zero-order valence-electron chi connectivity index (χ0n) is 10.1. The van der Waals surface area contributed by atoms with Crippen LogP contribution in [0, 0.1) is 12.3 Å². The second-order valence-electron chi connectivity index (χ2n) is 4.54. The Morgan fingerprint density at radius 1 is 1.24 bits per heavy atom. The minimum Gasteiger partial charge on any atom is -0.314 e. The smallest absolute Gasteiger partial charge is 0.140 e. The van der Waals surface area contributed by atoms with Crippen LogP contribution in [-0.4, -0.2) is 31.7 Å². The highest BCUT2D eigenvalue weighted by Crippen LogP contribution is 2.26. The van der Waals surface area contributed by atoms with Gasteiger partial charge in [-0.2, -0.15) is 0 Å². The molecule has 0 atom stereocenters. The molecule has 0 aliphatic carbocycles. The van der Waals surface area contributed by atoms with E-state index in [0.717, 1.165) is 5.56 Å². The molecule has 1 aromatic rings. The lowest BCUT2D eigenvalue weighted by Crippen LogP contribution is -2.40. The van der Waals surface area contributed by atoms with Gasteiger partial charge in [0.25, 0.3) is 0 Å². The Balaban J connectivity index is 2.89. The summed E-state index contributed by atoms with van der Waals surface area (Å²) in [6.45, 7) is 1.24. The van der Waals surface area contributed by atoms with Crippen molar-refractivity contribution in [2.45, 2.75) is 0 Å². The Bertz CT molecular complexity index is 441. The van der Waals surface area contributed by atoms with Gasteiger partial charge in [0.05, 0.1) is 24.2 Å². The van der Waals surface area contributed by atoms with Gasteiger partial charge in [0.1, 0.15) is 13.1 Å². The second-order valence-corrected chi connectivity index (χ2v) is 5.38. The quantitative estimate of drug-likeness (QED) is 0.579. The highest BCUT2D eigenvalue weighted by Gasteiger charge is 2.17. The van der Waals surface area contributed by atoms with Crippen molar-refractivity contribution in [3.05, 3.63) is 40.9 Å². The predicted octanol–water partition coefficient (Wildman–Crippen LogP) is 3.54. The van der Waals surface area contributed by atoms with E-state index in [2.05, 4.69) is 5.92 Å². The summed E-state index contributed by atoms with van der Waals surface area (Å²) in [6.07, 6.45) is 5.32. The molecule has 0 unspecified atom stereocenters. The van der Waals surface area contributed by atoms with E-state index in [1.807, 2.05) is 44.4 Å². The van der Waals surface area contributed by atoms with Crippen molar-refractivity contribution in [1.29, 1.82) is 0 Å². The number of benzene rings is 1. The number of hydrogen-bond donors (Lipinski definition) is 0. The molecule has 1 rings (SSSR count). The molecule has 0 radical (unpaired) electrons. The number of hydrogen-bond acceptors (Lipinski definition) is 0. The Hall–Kier alpha value is -0.940. The summed E-state index contributed by atoms with van der Waals surface area (Å²) >= 11 is 12.5. The van der Waals surface area contributed by atoms with Crippen LogP contribution in [0.5, 0.6) is 0 Å². The van der Waals surface area contributed by atoms with E-state index in [1.54, 1.807) is 0 Å². The zero-order chi connectivity index (χ0) is 12.9. The summed E-state index contributed by atoms with van der Waals surface area (Å²) in [6, 6.07) is 9.68. The summed E-state index contributed by atoms with van der Waals surface area (Å²) in [5.74, 6) is 2.64. The Morgan fingerprint density at radius 3 is 2.35 bits per heavy atom. The fourth-order valence-corrected chi connectivity index (χ4v) is 2.11. The topological polar surface area (TPSA) is 0 Å². The van der Waals surface area contributed by atoms with Gasteiger partial charge in [-0.1, -0.05) is 53.5 Å². The average Bonchev–Trinajstić information content (AvgIpc) is 2.28. The Morgan fingerprint density at radius 2 is 1.82 bits per heavy atom. The minimum atomic E-state index is 0.593. The zero-order valence-corrected chi connectivity index (χ0v) is 11.6. The first kappa shape index (κ1) is 14.1. The summed E-state index contributed by atoms with van der Waals surface area (Å²) < 4.78 is 0.623. The normalized spacial score (nSPS) is 12.9. The van der Waals surface area contributed by atoms with Crippen LogP contribution in [0.1, 0.15) is 5.56 Å². The van der Waals surface area contributed by atoms with Crippen molar-refractivity contribution >= 4 is 28.2 Å². The van der Waals surface area contributed by atoms with Crippen LogP contribution in [0.25, 0.3) is 5.03 Å². The van der Waals surface area contributed by atoms with E-state index in [1.165, 1.54) is 0 Å². The largest absolute Gasteiger partial charge is 0.314 e. The molecule has 90 valence electrons. The fourth-order valence-electron chi connectivity index (χ4n) is 1.49. The lowest BCUT2D eigenvalue weighted by atomic mass is 10.2. The third-order valence-corrected chi connectivity index (χ3v) is 3.20. The van der Waals surface area contributed by atoms with Gasteiger partial charge in [0, 0.05) is 0 Å². The van der Waals surface area contributed by atoms with Crippen molar-refractivity contribution in [3.63, 3.8) is 0 Å². The summed E-state index contributed by atoms with van der Waals surface area (Å²) in [5, 5.41) is 1.23. The summed E-state index contributed by atoms with van der Waals surface area (Å²) in [7, 11) is 4.05. The molecule has 0 fully saturated rings. The first-order valence-electron chi connectivity index (χ1n) is 5.31. The Labute approximate surface area is 113 Å². The molecule has 0 saturated carbocycles. The summed E-state index contributed by atoms with van der Waals surface area (Å²) in [4.78, 5) is 0. The van der Waals surface area contributed by atoms with Crippen molar-refractivity contribution in [2.75, 3.05) is 27.2 Å². The van der Waals surface area contributed by atoms with Crippen LogP contribution in [0.15, 0.2) is 35.4 Å². The molecule has 17 heavy (non-hydrogen) atoms. The highest BCUT2D eigenvalue weighted by molar-refractivity contribution is 6.54. The molecule has 0 N–H and O–H groups in total. The molecule has 0 spiro atoms. The Kier molecular flexibility index (Phi) is 5.08. The lowest BCUT2D eigenvalue weighted by Gasteiger charge is -2.27. The lowest BCUT2D eigenvalue weighted by molar-refractivity contribution is -0.877. The number of rotatable bonds is 4. The monoisotopic (exact) mass is 268 g/mol. The average molecular weight is 269 g/mol. The summed E-state index contributed by atoms with van der Waals surface area (Å²) in [5.41, 5.74) is 0.930. The van der Waals surface area contributed by atoms with Crippen molar-refractivity contribution < 1.29 is 4.48 Å². The molecule has 1 nitrogen and oxygen atoms in total. The maximum atomic E-state index is 6.25. The third kappa shape index (κ3) is 4.44. The van der Waals surface area contributed by atoms with Crippen LogP contribution < -0.4 is 0 Å². The minimum absolute atomic E-state index is 0.593. The second kappa shape index (κ2) is 6.12. The van der Waals surface area contributed by atoms with E-state index in [-0.39, 0.29) is 0 Å². The maximum Gasteiger partial charge on any atom is 0.140 e. The van der Waals surface area contributed by atoms with Gasteiger partial charge in [-0.3, -0.25) is 0 Å². The van der Waals surface area contributed by atoms with Crippen molar-refractivity contribution in [2.24, 2.45) is 0 Å². The van der Waals surface area contributed by atoms with Crippen molar-refractivity contribution in [3.8, 4) is 12.3 Å². The molecule has 0 amide bonds. The number of terminal acetylenes is 1. The SMILES string of the molecule is C#CC[N+](C)(C)C/C(Cl)=C(\Cl)c1ccccc1. The van der Waals surface area contributed by atoms with Crippen LogP contribution in [-0.2, 0) is 0 Å². The van der Waals surface area contributed by atoms with E-state index in [9.17, 15) is 0 Å². The first-order chi connectivity index (χ1) is 7.96. The van der Waals surface area contributed by atoms with Crippen LogP contribution >= 0.6 is 23.2 Å². The molecule has 0 saturated heterocycles. The number of nitrogens with zero attached hydrogens (tertiary/aromatic N) is 1. The number of halogens is 2. The number of likely N-dealkylation sites (N-methyl/N-ethyl adjacent to an activating group) is 1. The molecule has 0 heterocycles. The van der Waals surface area contributed by atoms with E-state index >= 15 is 0 Å². The van der Waals surface area contributed by atoms with Crippen LogP contribution in [0.2, 0.25) is 0 Å². The standard InChI is InChI=1S/C14H16Cl2N/c1-4-10-17(2,3)11-13(15)14(16)12-8-6-5-7-9-12/h1,5-9H,10-11H2,2-3H3/q+1/b14-13+. The van der Waals surface area contributed by atoms with Gasteiger partial charge < -0.3 is 4.48 Å². The van der Waals surface area contributed by atoms with Gasteiger partial charge >= 0.3 is 0 Å². The van der Waals surface area contributed by atoms with Crippen LogP contribution in [0.4, 0.5) is 0 Å². The highest BCUT2D eigenvalue weighted by atomic mass is 35.5. The van der Waals surface area contributed by atoms with Gasteiger partial charge in [-0.15, -0.1) is 6.42 Å². The molecular formula is C14H16Cl2N+. The number of quaternary nitrogens is 1. The van der Waals surface area contributed by atoms with Crippen LogP contribution in [0.3, 0.4) is 0 Å². The predicted molar refractivity (Wildman–Crippen MR) is 75.7 cm³/mol. The molecule has 0 aromatic heterocycles. The van der Waals surface area contributed by atoms with E-state index < -0.39 is 0 Å². The van der Waals surface area contributed by atoms with Crippen molar-refractivity contribution in [1.82, 2.24) is 0 Å². The van der Waals surface area contributed by atoms with E-state index in [0.29, 0.717) is 27.6 Å². The molecule has 3 heteroatoms. The van der Waals surface area contributed by atoms with Gasteiger partial charge in [0.15, 0.2) is 0 Å². The first-order valence-corrected chi connectivity index (χ1v) is 6.07. The molecule has 0 aliphatic rings. The molecule has 0 aliphatic heterocycles. The maximum absolute atomic E-state index is 6.25. The van der Waals surface area contributed by atoms with Gasteiger partial charge in [-0.25, -0.2) is 0 Å². The molecular weight excluding hydrogens is 253 g/mol. The van der Waals surface area contributed by atoms with E-state index in [4.69, 9.17) is 29.6 Å². The molecule has 0 bridgehead atoms. The fraction of sp³-hybridized carbons (Fsp3) is 0.286. The van der Waals surface area contributed by atoms with Gasteiger partial charge in [0.2, 0.25) is 0 Å². The van der Waals surface area contributed by atoms with Gasteiger partial charge in [-0.05, 0) is 11.5 Å². The molecule has 1 aromatic carbocycles.